The number of benzene rings is 3. The van der Waals surface area contributed by atoms with Gasteiger partial charge in [-0.15, -0.1) is 11.6 Å². The van der Waals surface area contributed by atoms with Gasteiger partial charge in [-0.25, -0.2) is 8.78 Å². The summed E-state index contributed by atoms with van der Waals surface area (Å²) in [4.78, 5) is 24.5. The van der Waals surface area contributed by atoms with Gasteiger partial charge in [-0.1, -0.05) is 61.4 Å². The van der Waals surface area contributed by atoms with Crippen LogP contribution in [0.25, 0.3) is 11.1 Å². The van der Waals surface area contributed by atoms with Gasteiger partial charge in [-0.05, 0) is 48.6 Å². The molecule has 0 aliphatic heterocycles. The predicted octanol–water partition coefficient (Wildman–Crippen LogP) is 5.70. The number of nitrogens with one attached hydrogen (secondary N) is 2. The third kappa shape index (κ3) is 5.85. The molecule has 1 saturated carbocycles. The van der Waals surface area contributed by atoms with Crippen molar-refractivity contribution in [3.05, 3.63) is 89.5 Å². The van der Waals surface area contributed by atoms with Gasteiger partial charge in [0.15, 0.2) is 11.6 Å². The Morgan fingerprint density at radius 2 is 1.61 bits per heavy atom. The van der Waals surface area contributed by atoms with Crippen LogP contribution in [0.2, 0.25) is 0 Å². The Balaban J connectivity index is 1.61. The van der Waals surface area contributed by atoms with Crippen molar-refractivity contribution in [1.29, 1.82) is 0 Å². The summed E-state index contributed by atoms with van der Waals surface area (Å²) in [5, 5.41) is 0. The summed E-state index contributed by atoms with van der Waals surface area (Å²) in [5.74, 6) is -2.22. The van der Waals surface area contributed by atoms with Crippen LogP contribution in [0.15, 0.2) is 66.7 Å². The molecule has 188 valence electrons. The van der Waals surface area contributed by atoms with Crippen LogP contribution in [-0.4, -0.2) is 17.7 Å². The van der Waals surface area contributed by atoms with Crippen LogP contribution in [0.3, 0.4) is 0 Å². The number of para-hydroxylation sites is 1. The zero-order chi connectivity index (χ0) is 25.5. The van der Waals surface area contributed by atoms with Crippen molar-refractivity contribution < 1.29 is 23.1 Å². The maximum Gasteiger partial charge on any atom is 0.253 e. The lowest BCUT2D eigenvalue weighted by atomic mass is 9.79. The second kappa shape index (κ2) is 11.5. The number of hydrazine groups is 1. The molecule has 0 atom stereocenters. The molecule has 0 saturated heterocycles. The third-order valence-electron chi connectivity index (χ3n) is 6.54. The fourth-order valence-electron chi connectivity index (χ4n) is 4.71. The van der Waals surface area contributed by atoms with Crippen LogP contribution < -0.4 is 15.6 Å². The summed E-state index contributed by atoms with van der Waals surface area (Å²) >= 11 is 5.50. The summed E-state index contributed by atoms with van der Waals surface area (Å²) in [7, 11) is 0. The van der Waals surface area contributed by atoms with Crippen LogP contribution >= 0.6 is 11.6 Å². The van der Waals surface area contributed by atoms with Crippen molar-refractivity contribution in [1.82, 2.24) is 10.9 Å². The molecule has 8 heteroatoms. The Kier molecular flexibility index (Phi) is 8.21. The van der Waals surface area contributed by atoms with E-state index in [0.29, 0.717) is 24.8 Å². The minimum atomic E-state index is -0.747. The largest absolute Gasteiger partial charge is 0.485 e. The van der Waals surface area contributed by atoms with Gasteiger partial charge in [0.1, 0.15) is 18.3 Å². The Morgan fingerprint density at radius 1 is 0.861 bits per heavy atom. The number of carbonyl (C=O) groups excluding carboxylic acids is 2. The van der Waals surface area contributed by atoms with Crippen LogP contribution in [-0.2, 0) is 22.6 Å². The molecular weight excluding hydrogens is 486 g/mol. The van der Waals surface area contributed by atoms with E-state index >= 15 is 4.39 Å². The molecule has 5 nitrogen and oxygen atoms in total. The highest BCUT2D eigenvalue weighted by molar-refractivity contribution is 6.27. The van der Waals surface area contributed by atoms with Gasteiger partial charge in [0.05, 0.1) is 5.41 Å². The molecule has 2 amide bonds. The van der Waals surface area contributed by atoms with Crippen LogP contribution in [0.5, 0.6) is 5.75 Å². The first-order valence-electron chi connectivity index (χ1n) is 11.8. The summed E-state index contributed by atoms with van der Waals surface area (Å²) in [6.45, 7) is 0.132. The van der Waals surface area contributed by atoms with Gasteiger partial charge in [-0.3, -0.25) is 20.4 Å². The highest BCUT2D eigenvalue weighted by Gasteiger charge is 2.41. The van der Waals surface area contributed by atoms with E-state index < -0.39 is 23.0 Å². The van der Waals surface area contributed by atoms with Crippen molar-refractivity contribution in [3.63, 3.8) is 0 Å². The van der Waals surface area contributed by atoms with Gasteiger partial charge in [0, 0.05) is 11.1 Å². The monoisotopic (exact) mass is 512 g/mol. The molecule has 0 aromatic heterocycles. The number of hydrogen-bond acceptors (Lipinski definition) is 3. The third-order valence-corrected chi connectivity index (χ3v) is 6.78. The average molecular weight is 513 g/mol. The topological polar surface area (TPSA) is 67.4 Å². The molecule has 3 aromatic rings. The first-order chi connectivity index (χ1) is 17.4. The molecular formula is C28H27ClF2N2O3. The predicted molar refractivity (Wildman–Crippen MR) is 134 cm³/mol. The van der Waals surface area contributed by atoms with Crippen molar-refractivity contribution in [2.24, 2.45) is 5.41 Å². The fraction of sp³-hybridized carbons (Fsp3) is 0.286. The number of alkyl halides is 1. The van der Waals surface area contributed by atoms with Gasteiger partial charge in [0.25, 0.3) is 5.91 Å². The minimum absolute atomic E-state index is 0.0329. The zero-order valence-corrected chi connectivity index (χ0v) is 20.4. The smallest absolute Gasteiger partial charge is 0.253 e. The molecule has 0 unspecified atom stereocenters. The Hall–Kier alpha value is -3.45. The first kappa shape index (κ1) is 25.6. The van der Waals surface area contributed by atoms with Gasteiger partial charge >= 0.3 is 0 Å². The maximum absolute atomic E-state index is 15.0. The number of ether oxygens (including phenoxy) is 1. The summed E-state index contributed by atoms with van der Waals surface area (Å²) in [5.41, 5.74) is 6.12. The Morgan fingerprint density at radius 3 is 2.33 bits per heavy atom. The lowest BCUT2D eigenvalue weighted by molar-refractivity contribution is -0.135. The molecule has 0 bridgehead atoms. The normalized spacial score (nSPS) is 14.3. The van der Waals surface area contributed by atoms with E-state index in [-0.39, 0.29) is 29.7 Å². The number of halogens is 3. The number of rotatable bonds is 8. The van der Waals surface area contributed by atoms with Crippen LogP contribution in [0, 0.1) is 17.0 Å². The average Bonchev–Trinajstić information content (AvgIpc) is 3.37. The second-order valence-electron chi connectivity index (χ2n) is 9.01. The quantitative estimate of drug-likeness (QED) is 0.300. The molecule has 1 aliphatic carbocycles. The van der Waals surface area contributed by atoms with E-state index in [1.54, 1.807) is 18.2 Å². The lowest BCUT2D eigenvalue weighted by Gasteiger charge is -2.28. The van der Waals surface area contributed by atoms with E-state index in [2.05, 4.69) is 10.9 Å². The summed E-state index contributed by atoms with van der Waals surface area (Å²) in [6.07, 6.45) is 3.35. The van der Waals surface area contributed by atoms with Crippen molar-refractivity contribution >= 4 is 23.4 Å². The van der Waals surface area contributed by atoms with Crippen LogP contribution in [0.1, 0.15) is 36.8 Å². The van der Waals surface area contributed by atoms with Crippen molar-refractivity contribution in [2.45, 2.75) is 38.7 Å². The maximum atomic E-state index is 15.0. The van der Waals surface area contributed by atoms with Gasteiger partial charge in [0.2, 0.25) is 5.91 Å². The number of carbonyl (C=O) groups is 2. The van der Waals surface area contributed by atoms with Crippen molar-refractivity contribution in [3.8, 4) is 16.9 Å². The first-order valence-corrected chi connectivity index (χ1v) is 12.3. The molecule has 0 spiro atoms. The fourth-order valence-corrected chi connectivity index (χ4v) is 4.77. The molecule has 3 aromatic carbocycles. The van der Waals surface area contributed by atoms with E-state index in [4.69, 9.17) is 16.3 Å². The Labute approximate surface area is 213 Å². The standard InChI is InChI=1S/C28H27ClF2N2O3/c29-17-25(34)32-33-27(35)28(13-4-5-14-28)16-20-11-12-23(30)22(15-20)21-9-6-10-24(31)26(21)36-18-19-7-2-1-3-8-19/h1-3,6-12,15H,4-5,13-14,16-18H2,(H,32,34)(H,33,35). The van der Waals surface area contributed by atoms with E-state index in [9.17, 15) is 14.0 Å². The molecule has 0 heterocycles. The minimum Gasteiger partial charge on any atom is -0.485 e. The van der Waals surface area contributed by atoms with E-state index in [0.717, 1.165) is 24.0 Å². The van der Waals surface area contributed by atoms with Gasteiger partial charge < -0.3 is 4.74 Å². The highest BCUT2D eigenvalue weighted by atomic mass is 35.5. The molecule has 1 fully saturated rings. The molecule has 0 radical (unpaired) electrons. The lowest BCUT2D eigenvalue weighted by Crippen LogP contribution is -2.49. The number of amides is 2. The zero-order valence-electron chi connectivity index (χ0n) is 19.7. The Bertz CT molecular complexity index is 1230. The summed E-state index contributed by atoms with van der Waals surface area (Å²) in [6, 6.07) is 18.3. The second-order valence-corrected chi connectivity index (χ2v) is 9.27. The van der Waals surface area contributed by atoms with Crippen molar-refractivity contribution in [2.75, 3.05) is 5.88 Å². The van der Waals surface area contributed by atoms with Gasteiger partial charge in [-0.2, -0.15) is 0 Å². The number of hydrogen-bond donors (Lipinski definition) is 2. The SMILES string of the molecule is O=C(CCl)NNC(=O)C1(Cc2ccc(F)c(-c3cccc(F)c3OCc3ccccc3)c2)CCCC1. The molecule has 4 rings (SSSR count). The van der Waals surface area contributed by atoms with E-state index in [1.807, 2.05) is 30.3 Å². The molecule has 2 N–H and O–H groups in total. The summed E-state index contributed by atoms with van der Waals surface area (Å²) < 4.78 is 35.6. The highest BCUT2D eigenvalue weighted by Crippen LogP contribution is 2.42. The van der Waals surface area contributed by atoms with E-state index in [1.165, 1.54) is 18.2 Å². The molecule has 36 heavy (non-hydrogen) atoms. The molecule has 1 aliphatic rings. The van der Waals surface area contributed by atoms with Crippen LogP contribution in [0.4, 0.5) is 8.78 Å².